The molecule has 2 heteroatoms. The van der Waals surface area contributed by atoms with Crippen LogP contribution < -0.4 is 0 Å². The van der Waals surface area contributed by atoms with Gasteiger partial charge in [-0.25, -0.2) is 0 Å². The van der Waals surface area contributed by atoms with Crippen LogP contribution in [0.1, 0.15) is 51.4 Å². The molecule has 0 aromatic heterocycles. The third-order valence-electron chi connectivity index (χ3n) is 6.49. The van der Waals surface area contributed by atoms with Crippen LogP contribution in [0.3, 0.4) is 0 Å². The van der Waals surface area contributed by atoms with E-state index in [0.717, 1.165) is 23.7 Å². The van der Waals surface area contributed by atoms with Crippen molar-refractivity contribution >= 4 is 5.91 Å². The molecule has 1 amide bonds. The van der Waals surface area contributed by atoms with E-state index < -0.39 is 0 Å². The largest absolute Gasteiger partial charge is 0.343 e. The second-order valence-electron chi connectivity index (χ2n) is 7.25. The average molecular weight is 247 g/mol. The molecule has 0 aromatic rings. The summed E-state index contributed by atoms with van der Waals surface area (Å²) in [4.78, 5) is 14.8. The number of fused-ring (bicyclic) bond motifs is 5. The highest BCUT2D eigenvalue weighted by Crippen LogP contribution is 2.69. The van der Waals surface area contributed by atoms with Crippen molar-refractivity contribution in [3.8, 4) is 0 Å². The molecule has 0 radical (unpaired) electrons. The molecule has 0 spiro atoms. The maximum absolute atomic E-state index is 12.7. The molecule has 100 valence electrons. The minimum absolute atomic E-state index is 0.447. The summed E-state index contributed by atoms with van der Waals surface area (Å²) in [5, 5.41) is 0. The average Bonchev–Trinajstić information content (AvgIpc) is 2.85. The molecule has 0 heterocycles. The fourth-order valence-corrected chi connectivity index (χ4v) is 5.54. The van der Waals surface area contributed by atoms with E-state index >= 15 is 0 Å². The Kier molecular flexibility index (Phi) is 2.50. The van der Waals surface area contributed by atoms with Gasteiger partial charge in [0, 0.05) is 19.0 Å². The van der Waals surface area contributed by atoms with Crippen molar-refractivity contribution in [3.05, 3.63) is 0 Å². The summed E-state index contributed by atoms with van der Waals surface area (Å²) < 4.78 is 0. The lowest BCUT2D eigenvalue weighted by Crippen LogP contribution is -2.40. The molecular formula is C16H25NO. The zero-order valence-corrected chi connectivity index (χ0v) is 11.5. The second-order valence-corrected chi connectivity index (χ2v) is 7.25. The second kappa shape index (κ2) is 3.98. The zero-order valence-electron chi connectivity index (χ0n) is 11.5. The quantitative estimate of drug-likeness (QED) is 0.734. The molecule has 4 aliphatic carbocycles. The van der Waals surface area contributed by atoms with Gasteiger partial charge in [-0.3, -0.25) is 4.79 Å². The van der Waals surface area contributed by atoms with Crippen LogP contribution in [-0.2, 0) is 4.79 Å². The third-order valence-corrected chi connectivity index (χ3v) is 6.49. The van der Waals surface area contributed by atoms with Crippen molar-refractivity contribution in [2.75, 3.05) is 7.05 Å². The zero-order chi connectivity index (χ0) is 12.3. The molecule has 0 saturated heterocycles. The van der Waals surface area contributed by atoms with Gasteiger partial charge in [-0.15, -0.1) is 0 Å². The van der Waals surface area contributed by atoms with E-state index in [2.05, 4.69) is 11.9 Å². The predicted molar refractivity (Wildman–Crippen MR) is 70.9 cm³/mol. The summed E-state index contributed by atoms with van der Waals surface area (Å²) in [5.41, 5.74) is 0. The molecule has 2 nitrogen and oxygen atoms in total. The lowest BCUT2D eigenvalue weighted by atomic mass is 9.93. The minimum Gasteiger partial charge on any atom is -0.343 e. The Labute approximate surface area is 110 Å². The van der Waals surface area contributed by atoms with Crippen LogP contribution in [0.2, 0.25) is 0 Å². The first-order valence-corrected chi connectivity index (χ1v) is 8.04. The van der Waals surface area contributed by atoms with E-state index in [1.54, 1.807) is 0 Å². The molecule has 0 N–H and O–H groups in total. The normalized spacial score (nSPS) is 45.9. The number of carbonyl (C=O) groups is 1. The molecule has 18 heavy (non-hydrogen) atoms. The van der Waals surface area contributed by atoms with Crippen LogP contribution >= 0.6 is 0 Å². The molecule has 4 fully saturated rings. The summed E-state index contributed by atoms with van der Waals surface area (Å²) in [6, 6.07) is 0.560. The predicted octanol–water partition coefficient (Wildman–Crippen LogP) is 3.07. The number of amides is 1. The lowest BCUT2D eigenvalue weighted by Gasteiger charge is -2.32. The monoisotopic (exact) mass is 247 g/mol. The van der Waals surface area contributed by atoms with Gasteiger partial charge >= 0.3 is 0 Å². The van der Waals surface area contributed by atoms with Crippen LogP contribution in [0, 0.1) is 29.6 Å². The Bertz CT molecular complexity index is 344. The van der Waals surface area contributed by atoms with E-state index in [1.807, 2.05) is 0 Å². The Morgan fingerprint density at radius 3 is 2.17 bits per heavy atom. The number of hydrogen-bond donors (Lipinski definition) is 0. The molecule has 0 aliphatic heterocycles. The first-order valence-electron chi connectivity index (χ1n) is 8.04. The molecule has 4 saturated carbocycles. The number of hydrogen-bond acceptors (Lipinski definition) is 1. The van der Waals surface area contributed by atoms with Gasteiger partial charge < -0.3 is 4.90 Å². The van der Waals surface area contributed by atoms with Crippen molar-refractivity contribution in [3.63, 3.8) is 0 Å². The highest BCUT2D eigenvalue weighted by molar-refractivity contribution is 5.83. The maximum atomic E-state index is 12.7. The summed E-state index contributed by atoms with van der Waals surface area (Å²) >= 11 is 0. The van der Waals surface area contributed by atoms with Gasteiger partial charge in [0.05, 0.1) is 0 Å². The summed E-state index contributed by atoms with van der Waals surface area (Å²) in [6.07, 6.45) is 10.8. The summed E-state index contributed by atoms with van der Waals surface area (Å²) in [5.74, 6) is 4.42. The molecule has 4 aliphatic rings. The highest BCUT2D eigenvalue weighted by atomic mass is 16.2. The van der Waals surface area contributed by atoms with Gasteiger partial charge in [-0.2, -0.15) is 0 Å². The molecule has 2 bridgehead atoms. The molecule has 0 aromatic carbocycles. The van der Waals surface area contributed by atoms with Crippen molar-refractivity contribution in [1.82, 2.24) is 4.90 Å². The van der Waals surface area contributed by atoms with Crippen molar-refractivity contribution < 1.29 is 4.79 Å². The Morgan fingerprint density at radius 1 is 0.944 bits per heavy atom. The highest BCUT2D eigenvalue weighted by Gasteiger charge is 2.67. The van der Waals surface area contributed by atoms with Crippen molar-refractivity contribution in [1.29, 1.82) is 0 Å². The number of nitrogens with zero attached hydrogens (tertiary/aromatic N) is 1. The van der Waals surface area contributed by atoms with Crippen LogP contribution in [0.15, 0.2) is 0 Å². The molecule has 4 rings (SSSR count). The van der Waals surface area contributed by atoms with E-state index in [1.165, 1.54) is 51.4 Å². The SMILES string of the molecule is CN(C(=O)C1[C@@H]2[C@H]3CC[C@@H](C3)[C@@H]12)C1CCCCC1. The van der Waals surface area contributed by atoms with Crippen molar-refractivity contribution in [2.24, 2.45) is 29.6 Å². The smallest absolute Gasteiger partial charge is 0.226 e. The lowest BCUT2D eigenvalue weighted by molar-refractivity contribution is -0.135. The number of rotatable bonds is 2. The fraction of sp³-hybridized carbons (Fsp3) is 0.938. The van der Waals surface area contributed by atoms with E-state index in [4.69, 9.17) is 0 Å². The fourth-order valence-electron chi connectivity index (χ4n) is 5.54. The van der Waals surface area contributed by atoms with E-state index in [9.17, 15) is 4.79 Å². The Hall–Kier alpha value is -0.530. The molecule has 0 unspecified atom stereocenters. The first-order chi connectivity index (χ1) is 8.77. The Morgan fingerprint density at radius 2 is 1.56 bits per heavy atom. The first kappa shape index (κ1) is 11.3. The topological polar surface area (TPSA) is 20.3 Å². The molecule has 4 atom stereocenters. The number of carbonyl (C=O) groups excluding carboxylic acids is 1. The minimum atomic E-state index is 0.447. The van der Waals surface area contributed by atoms with E-state index in [-0.39, 0.29) is 0 Å². The van der Waals surface area contributed by atoms with Gasteiger partial charge in [0.15, 0.2) is 0 Å². The Balaban J connectivity index is 1.42. The van der Waals surface area contributed by atoms with Crippen LogP contribution in [0.4, 0.5) is 0 Å². The third kappa shape index (κ3) is 1.50. The summed E-state index contributed by atoms with van der Waals surface area (Å²) in [6.45, 7) is 0. The van der Waals surface area contributed by atoms with E-state index in [0.29, 0.717) is 17.9 Å². The summed E-state index contributed by atoms with van der Waals surface area (Å²) in [7, 11) is 2.08. The van der Waals surface area contributed by atoms with Gasteiger partial charge in [-0.1, -0.05) is 19.3 Å². The van der Waals surface area contributed by atoms with Crippen LogP contribution in [0.5, 0.6) is 0 Å². The molecular weight excluding hydrogens is 222 g/mol. The van der Waals surface area contributed by atoms with Crippen LogP contribution in [0.25, 0.3) is 0 Å². The van der Waals surface area contributed by atoms with Gasteiger partial charge in [0.2, 0.25) is 5.91 Å². The maximum Gasteiger partial charge on any atom is 0.226 e. The van der Waals surface area contributed by atoms with Crippen LogP contribution in [-0.4, -0.2) is 23.9 Å². The van der Waals surface area contributed by atoms with Gasteiger partial charge in [-0.05, 0) is 55.8 Å². The van der Waals surface area contributed by atoms with Gasteiger partial charge in [0.1, 0.15) is 0 Å². The standard InChI is InChI=1S/C16H25NO/c1-17(12-5-3-2-4-6-12)16(18)15-13-10-7-8-11(9-10)14(13)15/h10-15H,2-9H2,1H3/t10-,11-,13+,14+/m0/s1. The van der Waals surface area contributed by atoms with Crippen molar-refractivity contribution in [2.45, 2.75) is 57.4 Å². The van der Waals surface area contributed by atoms with Gasteiger partial charge in [0.25, 0.3) is 0 Å².